The van der Waals surface area contributed by atoms with Crippen LogP contribution in [0.2, 0.25) is 0 Å². The van der Waals surface area contributed by atoms with Crippen LogP contribution in [0.1, 0.15) is 47.0 Å². The number of nitrogens with one attached hydrogen (secondary N) is 1. The molecule has 0 bridgehead atoms. The normalized spacial score (nSPS) is 25.9. The fourth-order valence-electron chi connectivity index (χ4n) is 3.20. The van der Waals surface area contributed by atoms with Gasteiger partial charge in [-0.2, -0.15) is 0 Å². The van der Waals surface area contributed by atoms with Crippen LogP contribution in [0.15, 0.2) is 12.4 Å². The Hall–Kier alpha value is -1.32. The average molecular weight is 263 g/mol. The number of anilines is 1. The van der Waals surface area contributed by atoms with Crippen LogP contribution in [0.25, 0.3) is 0 Å². The van der Waals surface area contributed by atoms with Gasteiger partial charge in [-0.3, -0.25) is 0 Å². The van der Waals surface area contributed by atoms with Gasteiger partial charge < -0.3 is 10.1 Å². The maximum absolute atomic E-state index is 6.06. The van der Waals surface area contributed by atoms with Crippen molar-refractivity contribution in [3.8, 4) is 5.88 Å². The number of aromatic nitrogens is 2. The number of hydrogen-bond donors (Lipinski definition) is 1. The van der Waals surface area contributed by atoms with Crippen molar-refractivity contribution in [1.82, 2.24) is 9.97 Å². The molecule has 4 heteroatoms. The largest absolute Gasteiger partial charge is 0.474 e. The molecule has 0 aromatic carbocycles. The molecule has 2 unspecified atom stereocenters. The van der Waals surface area contributed by atoms with Crippen molar-refractivity contribution < 1.29 is 4.74 Å². The first-order valence-electron chi connectivity index (χ1n) is 7.21. The Labute approximate surface area is 116 Å². The van der Waals surface area contributed by atoms with Crippen molar-refractivity contribution in [2.45, 2.75) is 53.1 Å². The fourth-order valence-corrected chi connectivity index (χ4v) is 3.20. The predicted molar refractivity (Wildman–Crippen MR) is 77.4 cm³/mol. The number of hydrogen-bond acceptors (Lipinski definition) is 4. The quantitative estimate of drug-likeness (QED) is 0.903. The molecule has 1 aliphatic carbocycles. The summed E-state index contributed by atoms with van der Waals surface area (Å²) < 4.78 is 6.06. The van der Waals surface area contributed by atoms with Crippen LogP contribution in [0.4, 0.5) is 5.82 Å². The summed E-state index contributed by atoms with van der Waals surface area (Å²) in [7, 11) is 0. The Morgan fingerprint density at radius 1 is 1.37 bits per heavy atom. The molecule has 1 fully saturated rings. The minimum absolute atomic E-state index is 0.267. The molecule has 1 heterocycles. The van der Waals surface area contributed by atoms with E-state index >= 15 is 0 Å². The summed E-state index contributed by atoms with van der Waals surface area (Å²) in [5.74, 6) is 2.22. The summed E-state index contributed by atoms with van der Waals surface area (Å²) in [5.41, 5.74) is 0.361. The van der Waals surface area contributed by atoms with Crippen LogP contribution >= 0.6 is 0 Å². The molecule has 1 aliphatic rings. The van der Waals surface area contributed by atoms with E-state index in [4.69, 9.17) is 4.74 Å². The van der Waals surface area contributed by atoms with Gasteiger partial charge in [0.05, 0.1) is 0 Å². The lowest BCUT2D eigenvalue weighted by Crippen LogP contribution is -2.34. The van der Waals surface area contributed by atoms with E-state index in [0.29, 0.717) is 17.2 Å². The first kappa shape index (κ1) is 14.1. The Bertz CT molecular complexity index is 420. The first-order valence-corrected chi connectivity index (χ1v) is 7.21. The Balaban J connectivity index is 2.02. The highest BCUT2D eigenvalue weighted by Gasteiger charge is 2.33. The minimum atomic E-state index is 0.267. The molecule has 0 radical (unpaired) electrons. The highest BCUT2D eigenvalue weighted by Crippen LogP contribution is 2.39. The van der Waals surface area contributed by atoms with Crippen molar-refractivity contribution >= 4 is 5.82 Å². The van der Waals surface area contributed by atoms with Gasteiger partial charge in [0.15, 0.2) is 0 Å². The number of nitrogens with zero attached hydrogens (tertiary/aromatic N) is 2. The number of ether oxygens (including phenoxy) is 1. The van der Waals surface area contributed by atoms with Crippen LogP contribution in [-0.2, 0) is 0 Å². The SMILES string of the molecule is CCNc1cc(OC2CC(C)CC(C)(C)C2)ncn1. The summed E-state index contributed by atoms with van der Waals surface area (Å²) in [4.78, 5) is 8.38. The second-order valence-electron chi connectivity index (χ2n) is 6.43. The molecule has 106 valence electrons. The average Bonchev–Trinajstić information content (AvgIpc) is 2.26. The van der Waals surface area contributed by atoms with Gasteiger partial charge in [0.1, 0.15) is 18.2 Å². The zero-order chi connectivity index (χ0) is 13.9. The lowest BCUT2D eigenvalue weighted by Gasteiger charge is -2.38. The van der Waals surface area contributed by atoms with E-state index < -0.39 is 0 Å². The molecule has 19 heavy (non-hydrogen) atoms. The lowest BCUT2D eigenvalue weighted by atomic mass is 9.71. The Morgan fingerprint density at radius 3 is 2.84 bits per heavy atom. The zero-order valence-electron chi connectivity index (χ0n) is 12.4. The van der Waals surface area contributed by atoms with Crippen molar-refractivity contribution in [2.75, 3.05) is 11.9 Å². The third-order valence-electron chi connectivity index (χ3n) is 3.63. The molecule has 2 rings (SSSR count). The van der Waals surface area contributed by atoms with Crippen molar-refractivity contribution in [2.24, 2.45) is 11.3 Å². The van der Waals surface area contributed by atoms with E-state index in [-0.39, 0.29) is 6.10 Å². The van der Waals surface area contributed by atoms with Crippen LogP contribution in [0, 0.1) is 11.3 Å². The molecule has 1 aromatic heterocycles. The third-order valence-corrected chi connectivity index (χ3v) is 3.63. The lowest BCUT2D eigenvalue weighted by molar-refractivity contribution is 0.0532. The summed E-state index contributed by atoms with van der Waals surface area (Å²) in [5, 5.41) is 3.18. The van der Waals surface area contributed by atoms with Gasteiger partial charge in [0.25, 0.3) is 0 Å². The highest BCUT2D eigenvalue weighted by atomic mass is 16.5. The molecule has 0 amide bonds. The van der Waals surface area contributed by atoms with E-state index in [1.165, 1.54) is 6.42 Å². The molecule has 1 N–H and O–H groups in total. The van der Waals surface area contributed by atoms with Crippen molar-refractivity contribution in [1.29, 1.82) is 0 Å². The molecule has 0 aliphatic heterocycles. The molecular weight excluding hydrogens is 238 g/mol. The first-order chi connectivity index (χ1) is 8.98. The summed E-state index contributed by atoms with van der Waals surface area (Å²) in [6.45, 7) is 9.85. The summed E-state index contributed by atoms with van der Waals surface area (Å²) >= 11 is 0. The fraction of sp³-hybridized carbons (Fsp3) is 0.733. The Morgan fingerprint density at radius 2 is 2.16 bits per heavy atom. The van der Waals surface area contributed by atoms with Crippen LogP contribution < -0.4 is 10.1 Å². The van der Waals surface area contributed by atoms with Crippen LogP contribution in [-0.4, -0.2) is 22.6 Å². The zero-order valence-corrected chi connectivity index (χ0v) is 12.4. The third kappa shape index (κ3) is 4.08. The van der Waals surface area contributed by atoms with Gasteiger partial charge in [0.2, 0.25) is 5.88 Å². The number of rotatable bonds is 4. The van der Waals surface area contributed by atoms with Gasteiger partial charge in [-0.05, 0) is 37.5 Å². The Kier molecular flexibility index (Phi) is 4.27. The van der Waals surface area contributed by atoms with E-state index in [1.807, 2.05) is 13.0 Å². The standard InChI is InChI=1S/C15H25N3O/c1-5-16-13-7-14(18-10-17-13)19-12-6-11(2)8-15(3,4)9-12/h7,10-12H,5-6,8-9H2,1-4H3,(H,16,17,18). The predicted octanol–water partition coefficient (Wildman–Crippen LogP) is 3.50. The molecule has 2 atom stereocenters. The van der Waals surface area contributed by atoms with E-state index in [9.17, 15) is 0 Å². The monoisotopic (exact) mass is 263 g/mol. The maximum atomic E-state index is 6.06. The van der Waals surface area contributed by atoms with Gasteiger partial charge in [0, 0.05) is 12.6 Å². The van der Waals surface area contributed by atoms with Crippen molar-refractivity contribution in [3.63, 3.8) is 0 Å². The summed E-state index contributed by atoms with van der Waals surface area (Å²) in [6.07, 6.45) is 5.31. The van der Waals surface area contributed by atoms with Crippen LogP contribution in [0.3, 0.4) is 0 Å². The van der Waals surface area contributed by atoms with Crippen LogP contribution in [0.5, 0.6) is 5.88 Å². The second kappa shape index (κ2) is 5.76. The molecule has 1 saturated carbocycles. The van der Waals surface area contributed by atoms with Crippen molar-refractivity contribution in [3.05, 3.63) is 12.4 Å². The highest BCUT2D eigenvalue weighted by molar-refractivity contribution is 5.36. The van der Waals surface area contributed by atoms with E-state index in [2.05, 4.69) is 36.1 Å². The molecule has 0 saturated heterocycles. The van der Waals surface area contributed by atoms with Gasteiger partial charge >= 0.3 is 0 Å². The van der Waals surface area contributed by atoms with Gasteiger partial charge in [-0.1, -0.05) is 20.8 Å². The molecule has 0 spiro atoms. The minimum Gasteiger partial charge on any atom is -0.474 e. The molecule has 4 nitrogen and oxygen atoms in total. The smallest absolute Gasteiger partial charge is 0.218 e. The van der Waals surface area contributed by atoms with Gasteiger partial charge in [-0.15, -0.1) is 0 Å². The topological polar surface area (TPSA) is 47.0 Å². The second-order valence-corrected chi connectivity index (χ2v) is 6.43. The summed E-state index contributed by atoms with van der Waals surface area (Å²) in [6, 6.07) is 1.88. The molecule has 1 aromatic rings. The molecular formula is C15H25N3O. The van der Waals surface area contributed by atoms with E-state index in [1.54, 1.807) is 6.33 Å². The van der Waals surface area contributed by atoms with E-state index in [0.717, 1.165) is 25.2 Å². The maximum Gasteiger partial charge on any atom is 0.218 e. The van der Waals surface area contributed by atoms with Gasteiger partial charge in [-0.25, -0.2) is 9.97 Å².